The van der Waals surface area contributed by atoms with Crippen LogP contribution in [0, 0.1) is 10.9 Å². The van der Waals surface area contributed by atoms with Crippen molar-refractivity contribution in [1.82, 2.24) is 29.7 Å². The summed E-state index contributed by atoms with van der Waals surface area (Å²) in [6.07, 6.45) is 14.5. The van der Waals surface area contributed by atoms with Gasteiger partial charge in [0.25, 0.3) is 5.88 Å². The fourth-order valence-corrected chi connectivity index (χ4v) is 7.44. The Bertz CT molecular complexity index is 1560. The van der Waals surface area contributed by atoms with Crippen LogP contribution in [0.15, 0.2) is 42.0 Å². The lowest BCUT2D eigenvalue weighted by Gasteiger charge is -2.43. The first-order valence-electron chi connectivity index (χ1n) is 16.4. The normalized spacial score (nSPS) is 23.6. The summed E-state index contributed by atoms with van der Waals surface area (Å²) in [7, 11) is -0.979. The van der Waals surface area contributed by atoms with E-state index in [-0.39, 0.29) is 25.3 Å². The summed E-state index contributed by atoms with van der Waals surface area (Å²) in [4.78, 5) is 11.9. The van der Waals surface area contributed by atoms with Crippen molar-refractivity contribution < 1.29 is 18.4 Å². The number of hydrogen-bond donors (Lipinski definition) is 3. The zero-order valence-electron chi connectivity index (χ0n) is 27.3. The Morgan fingerprint density at radius 2 is 1.81 bits per heavy atom. The van der Waals surface area contributed by atoms with Crippen molar-refractivity contribution in [3.8, 4) is 22.8 Å². The van der Waals surface area contributed by atoms with Crippen molar-refractivity contribution in [2.24, 2.45) is 5.22 Å². The zero-order chi connectivity index (χ0) is 33.6. The molecule has 3 fully saturated rings. The molecule has 2 aliphatic heterocycles. The largest absolute Gasteiger partial charge is 0.487 e. The maximum atomic E-state index is 11.7. The van der Waals surface area contributed by atoms with E-state index in [2.05, 4.69) is 25.4 Å². The molecule has 16 heteroatoms. The van der Waals surface area contributed by atoms with Gasteiger partial charge in [-0.05, 0) is 63.1 Å². The second-order valence-electron chi connectivity index (χ2n) is 12.6. The Balaban J connectivity index is 1.12. The summed E-state index contributed by atoms with van der Waals surface area (Å²) in [5, 5.41) is 20.3. The third-order valence-electron chi connectivity index (χ3n) is 9.28. The van der Waals surface area contributed by atoms with Crippen molar-refractivity contribution in [1.29, 1.82) is 10.9 Å². The highest BCUT2D eigenvalue weighted by molar-refractivity contribution is 7.84. The summed E-state index contributed by atoms with van der Waals surface area (Å²) >= 11 is 6.40. The van der Waals surface area contributed by atoms with Gasteiger partial charge < -0.3 is 19.5 Å². The smallest absolute Gasteiger partial charge is 0.256 e. The molecule has 14 nitrogen and oxygen atoms in total. The quantitative estimate of drug-likeness (QED) is 0.0802. The third-order valence-corrected chi connectivity index (χ3v) is 10.3. The lowest BCUT2D eigenvalue weighted by atomic mass is 9.89. The van der Waals surface area contributed by atoms with Gasteiger partial charge in [-0.2, -0.15) is 5.53 Å². The van der Waals surface area contributed by atoms with E-state index in [4.69, 9.17) is 41.9 Å². The number of ether oxygens (including phenoxy) is 3. The van der Waals surface area contributed by atoms with Crippen LogP contribution in [0.4, 0.5) is 11.6 Å². The Morgan fingerprint density at radius 1 is 1.12 bits per heavy atom. The molecule has 258 valence electrons. The van der Waals surface area contributed by atoms with Crippen LogP contribution in [0.25, 0.3) is 11.1 Å². The first kappa shape index (κ1) is 34.2. The number of fused-ring (bicyclic) bond motifs is 2. The first-order chi connectivity index (χ1) is 23.3. The van der Waals surface area contributed by atoms with Crippen LogP contribution >= 0.6 is 11.6 Å². The molecule has 1 unspecified atom stereocenters. The molecule has 2 saturated heterocycles. The number of anilines is 2. The first-order valence-corrected chi connectivity index (χ1v) is 18.5. The molecule has 6 rings (SSSR count). The molecule has 3 aliphatic rings. The molecule has 2 aromatic heterocycles. The lowest BCUT2D eigenvalue weighted by molar-refractivity contribution is -0.0458. The molecule has 4 atom stereocenters. The maximum Gasteiger partial charge on any atom is 0.256 e. The highest BCUT2D eigenvalue weighted by Gasteiger charge is 2.42. The molecular weight excluding hydrogens is 656 g/mol. The number of morpholine rings is 1. The number of aromatic nitrogens is 4. The van der Waals surface area contributed by atoms with Gasteiger partial charge in [0.1, 0.15) is 30.5 Å². The third kappa shape index (κ3) is 8.13. The van der Waals surface area contributed by atoms with Gasteiger partial charge in [-0.3, -0.25) is 19.2 Å². The summed E-state index contributed by atoms with van der Waals surface area (Å²) in [6.45, 7) is 4.06. The minimum atomic E-state index is -0.979. The molecule has 2 bridgehead atoms. The molecule has 1 saturated carbocycles. The Labute approximate surface area is 287 Å². The van der Waals surface area contributed by atoms with E-state index < -0.39 is 10.8 Å². The van der Waals surface area contributed by atoms with Crippen molar-refractivity contribution in [2.75, 3.05) is 43.7 Å². The number of nitrogens with zero attached hydrogens (tertiary/aromatic N) is 7. The Kier molecular flexibility index (Phi) is 11.2. The molecule has 3 N–H and O–H groups in total. The molecular formula is C32H43ClN10O4S. The van der Waals surface area contributed by atoms with E-state index in [1.807, 2.05) is 29.9 Å². The Hall–Kier alpha value is -3.66. The van der Waals surface area contributed by atoms with Crippen molar-refractivity contribution in [3.63, 3.8) is 0 Å². The van der Waals surface area contributed by atoms with Crippen LogP contribution in [0.1, 0.15) is 51.5 Å². The molecule has 3 aromatic rings. The summed E-state index contributed by atoms with van der Waals surface area (Å²) in [6, 6.07) is 7.42. The second-order valence-corrected chi connectivity index (χ2v) is 14.6. The molecule has 0 radical (unpaired) electrons. The zero-order valence-corrected chi connectivity index (χ0v) is 28.8. The topological polar surface area (TPSA) is 167 Å². The van der Waals surface area contributed by atoms with Gasteiger partial charge in [-0.15, -0.1) is 5.10 Å². The van der Waals surface area contributed by atoms with Crippen LogP contribution in [-0.2, 0) is 15.5 Å². The number of halogens is 1. The fourth-order valence-electron chi connectivity index (χ4n) is 6.96. The van der Waals surface area contributed by atoms with E-state index in [1.165, 1.54) is 12.8 Å². The molecule has 0 amide bonds. The average molecular weight is 699 g/mol. The molecule has 4 heterocycles. The monoisotopic (exact) mass is 698 g/mol. The highest BCUT2D eigenvalue weighted by atomic mass is 35.5. The molecule has 48 heavy (non-hydrogen) atoms. The van der Waals surface area contributed by atoms with Gasteiger partial charge in [-0.25, -0.2) is 15.0 Å². The van der Waals surface area contributed by atoms with E-state index in [1.54, 1.807) is 24.7 Å². The van der Waals surface area contributed by atoms with Crippen LogP contribution in [0.5, 0.6) is 11.6 Å². The van der Waals surface area contributed by atoms with Crippen molar-refractivity contribution in [3.05, 3.63) is 41.8 Å². The van der Waals surface area contributed by atoms with Gasteiger partial charge in [0.2, 0.25) is 5.95 Å². The van der Waals surface area contributed by atoms with Crippen LogP contribution < -0.4 is 14.8 Å². The minimum Gasteiger partial charge on any atom is -0.487 e. The van der Waals surface area contributed by atoms with Crippen molar-refractivity contribution >= 4 is 40.4 Å². The van der Waals surface area contributed by atoms with E-state index in [0.29, 0.717) is 52.2 Å². The van der Waals surface area contributed by atoms with E-state index in [0.717, 1.165) is 61.4 Å². The fraction of sp³-hybridized carbons (Fsp3) is 0.562. The van der Waals surface area contributed by atoms with Gasteiger partial charge in [-0.1, -0.05) is 22.9 Å². The SMILES string of the molecule is C[C@@H](CN(C=N)N=N)Oc1cc(-c2cnc(Nc3cn(C4CCC(N5[C@@H]6CC[C@H]5COC6)CC4)nc3OCCS(C)=O)nc2)ccc1Cl. The van der Waals surface area contributed by atoms with E-state index in [9.17, 15) is 4.21 Å². The predicted octanol–water partition coefficient (Wildman–Crippen LogP) is 5.46. The number of hydrogen-bond acceptors (Lipinski definition) is 12. The average Bonchev–Trinajstić information content (AvgIpc) is 3.60. The van der Waals surface area contributed by atoms with E-state index >= 15 is 0 Å². The van der Waals surface area contributed by atoms with Gasteiger partial charge in [0.15, 0.2) is 0 Å². The number of rotatable bonds is 15. The molecule has 1 aliphatic carbocycles. The molecule has 1 aromatic carbocycles. The summed E-state index contributed by atoms with van der Waals surface area (Å²) < 4.78 is 31.5. The molecule has 0 spiro atoms. The van der Waals surface area contributed by atoms with Crippen LogP contribution in [0.2, 0.25) is 5.02 Å². The van der Waals surface area contributed by atoms with Gasteiger partial charge in [0.05, 0.1) is 42.8 Å². The minimum absolute atomic E-state index is 0.228. The second kappa shape index (κ2) is 15.7. The van der Waals surface area contributed by atoms with Crippen molar-refractivity contribution in [2.45, 2.75) is 75.7 Å². The predicted molar refractivity (Wildman–Crippen MR) is 184 cm³/mol. The van der Waals surface area contributed by atoms with Gasteiger partial charge >= 0.3 is 0 Å². The van der Waals surface area contributed by atoms with Crippen LogP contribution in [0.3, 0.4) is 0 Å². The number of benzene rings is 1. The highest BCUT2D eigenvalue weighted by Crippen LogP contribution is 2.39. The lowest BCUT2D eigenvalue weighted by Crippen LogP contribution is -2.52. The summed E-state index contributed by atoms with van der Waals surface area (Å²) in [5.74, 6) is 1.71. The van der Waals surface area contributed by atoms with Gasteiger partial charge in [0, 0.05) is 53.1 Å². The van der Waals surface area contributed by atoms with Crippen LogP contribution in [-0.4, -0.2) is 103 Å². The maximum absolute atomic E-state index is 11.7. The number of nitrogens with one attached hydrogen (secondary N) is 3. The standard InChI is InChI=1S/C32H43ClN10O4S/c1-21(16-41(20-34)40-35)47-30-13-22(3-10-28(30)33)23-14-36-32(37-15-23)38-29-17-42(39-31(29)46-11-12-48(2)44)24-4-6-25(7-5-24)43-26-8-9-27(43)19-45-18-26/h3,10,13-15,17,20-21,24-27,34-35H,4-9,11-12,16,18-19H2,1-2H3,(H,36,37,38)/t21-,24?,25?,26-,27+,48?/m0/s1. The summed E-state index contributed by atoms with van der Waals surface area (Å²) in [5.41, 5.74) is 9.37. The Morgan fingerprint density at radius 3 is 2.48 bits per heavy atom.